The lowest BCUT2D eigenvalue weighted by Gasteiger charge is -2.55. The predicted octanol–water partition coefficient (Wildman–Crippen LogP) is 2.24. The molecule has 2 N–H and O–H groups in total. The number of aromatic hydroxyl groups is 1. The van der Waals surface area contributed by atoms with E-state index in [1.807, 2.05) is 13.8 Å². The Labute approximate surface area is 218 Å². The topological polar surface area (TPSA) is 112 Å². The Balaban J connectivity index is 0.00000380. The van der Waals surface area contributed by atoms with E-state index in [1.165, 1.54) is 21.7 Å². The third-order valence-electron chi connectivity index (χ3n) is 6.99. The van der Waals surface area contributed by atoms with Gasteiger partial charge in [-0.2, -0.15) is 0 Å². The van der Waals surface area contributed by atoms with Crippen molar-refractivity contribution in [2.75, 3.05) is 20.6 Å². The van der Waals surface area contributed by atoms with Gasteiger partial charge in [0, 0.05) is 57.0 Å². The summed E-state index contributed by atoms with van der Waals surface area (Å²) in [5.74, 6) is -4.29. The van der Waals surface area contributed by atoms with Crippen molar-refractivity contribution in [1.29, 1.82) is 0 Å². The second-order valence-electron chi connectivity index (χ2n) is 9.95. The smallest absolute Gasteiger partial charge is 0.274 e. The molecule has 1 fully saturated rings. The fourth-order valence-electron chi connectivity index (χ4n) is 5.02. The molecule has 4 rings (SSSR count). The molecule has 1 aromatic carbocycles. The molecule has 1 aliphatic carbocycles. The van der Waals surface area contributed by atoms with Gasteiger partial charge in [0.25, 0.3) is 11.8 Å². The van der Waals surface area contributed by atoms with Crippen molar-refractivity contribution in [3.8, 4) is 5.75 Å². The van der Waals surface area contributed by atoms with E-state index in [1.54, 1.807) is 19.0 Å². The second-order valence-corrected chi connectivity index (χ2v) is 9.95. The summed E-state index contributed by atoms with van der Waals surface area (Å²) < 4.78 is 28.6. The van der Waals surface area contributed by atoms with Gasteiger partial charge in [0.1, 0.15) is 17.2 Å². The van der Waals surface area contributed by atoms with Crippen LogP contribution in [0.4, 0.5) is 8.78 Å². The highest BCUT2D eigenvalue weighted by Gasteiger charge is 2.55. The minimum Gasteiger partial charge on any atom is -0.503 e. The van der Waals surface area contributed by atoms with Crippen LogP contribution in [0.25, 0.3) is 0 Å². The third kappa shape index (κ3) is 4.79. The standard InChI is InChI=1S/C25H28F2N4O5.ClH/c1-13(2)30-12-25(8-15(9-25)23(35)29(3)4)31-11-17(20(32)21(33)19(31)24(30)36)22(34)28-10-14-5-6-16(26)7-18(14)27;/h5-7,11,13,15,33H,8-10,12H2,1-4H3,(H,28,34);1H/t15-,25-;. The molecule has 37 heavy (non-hydrogen) atoms. The molecule has 0 radical (unpaired) electrons. The molecule has 0 atom stereocenters. The maximum atomic E-state index is 14.0. The number of carbonyl (C=O) groups excluding carboxylic acids is 3. The molecule has 0 bridgehead atoms. The summed E-state index contributed by atoms with van der Waals surface area (Å²) in [7, 11) is 3.31. The fourth-order valence-corrected chi connectivity index (χ4v) is 5.02. The van der Waals surface area contributed by atoms with Crippen LogP contribution in [0.2, 0.25) is 0 Å². The van der Waals surface area contributed by atoms with E-state index in [4.69, 9.17) is 0 Å². The van der Waals surface area contributed by atoms with E-state index in [2.05, 4.69) is 5.32 Å². The van der Waals surface area contributed by atoms with Crippen LogP contribution in [0, 0.1) is 17.6 Å². The average Bonchev–Trinajstić information content (AvgIpc) is 2.78. The number of halogens is 3. The van der Waals surface area contributed by atoms with Gasteiger partial charge >= 0.3 is 0 Å². The minimum absolute atomic E-state index is 0. The molecule has 1 spiro atoms. The van der Waals surface area contributed by atoms with Crippen molar-refractivity contribution >= 4 is 30.1 Å². The highest BCUT2D eigenvalue weighted by Crippen LogP contribution is 2.49. The molecule has 2 aromatic rings. The van der Waals surface area contributed by atoms with Gasteiger partial charge < -0.3 is 24.8 Å². The zero-order valence-electron chi connectivity index (χ0n) is 20.9. The van der Waals surface area contributed by atoms with Crippen LogP contribution in [0.1, 0.15) is 53.1 Å². The molecular weight excluding hydrogens is 510 g/mol. The zero-order valence-corrected chi connectivity index (χ0v) is 21.7. The molecule has 0 saturated heterocycles. The first-order valence-electron chi connectivity index (χ1n) is 11.6. The molecule has 3 amide bonds. The van der Waals surface area contributed by atoms with Crippen LogP contribution in [-0.4, -0.2) is 63.9 Å². The summed E-state index contributed by atoms with van der Waals surface area (Å²) in [4.78, 5) is 54.6. The van der Waals surface area contributed by atoms with E-state index in [9.17, 15) is 33.1 Å². The lowest BCUT2D eigenvalue weighted by Crippen LogP contribution is -2.63. The predicted molar refractivity (Wildman–Crippen MR) is 133 cm³/mol. The van der Waals surface area contributed by atoms with Crippen molar-refractivity contribution in [1.82, 2.24) is 19.7 Å². The second kappa shape index (κ2) is 10.1. The van der Waals surface area contributed by atoms with Gasteiger partial charge in [-0.3, -0.25) is 19.2 Å². The molecular formula is C25H29ClF2N4O5. The van der Waals surface area contributed by atoms with Crippen LogP contribution in [0.15, 0.2) is 29.2 Å². The number of nitrogens with zero attached hydrogens (tertiary/aromatic N) is 3. The van der Waals surface area contributed by atoms with Crippen LogP contribution in [0.3, 0.4) is 0 Å². The van der Waals surface area contributed by atoms with Gasteiger partial charge in [-0.25, -0.2) is 8.78 Å². The van der Waals surface area contributed by atoms with Crippen LogP contribution >= 0.6 is 12.4 Å². The fraction of sp³-hybridized carbons (Fsp3) is 0.440. The van der Waals surface area contributed by atoms with Crippen molar-refractivity contribution in [2.24, 2.45) is 5.92 Å². The van der Waals surface area contributed by atoms with Crippen molar-refractivity contribution in [3.63, 3.8) is 0 Å². The summed E-state index contributed by atoms with van der Waals surface area (Å²) in [6.07, 6.45) is 1.95. The van der Waals surface area contributed by atoms with Crippen molar-refractivity contribution in [2.45, 2.75) is 44.8 Å². The van der Waals surface area contributed by atoms with E-state index in [0.717, 1.165) is 6.07 Å². The van der Waals surface area contributed by atoms with E-state index in [-0.39, 0.29) is 54.6 Å². The highest BCUT2D eigenvalue weighted by molar-refractivity contribution is 5.99. The summed E-state index contributed by atoms with van der Waals surface area (Å²) in [6, 6.07) is 2.67. The number of carbonyl (C=O) groups is 3. The largest absolute Gasteiger partial charge is 0.503 e. The number of nitrogens with one attached hydrogen (secondary N) is 1. The Kier molecular flexibility index (Phi) is 7.69. The zero-order chi connectivity index (χ0) is 26.5. The maximum Gasteiger partial charge on any atom is 0.274 e. The number of rotatable bonds is 5. The van der Waals surface area contributed by atoms with Crippen LogP contribution < -0.4 is 10.7 Å². The quantitative estimate of drug-likeness (QED) is 0.606. The Morgan fingerprint density at radius 1 is 1.22 bits per heavy atom. The number of aromatic nitrogens is 1. The molecule has 1 aromatic heterocycles. The third-order valence-corrected chi connectivity index (χ3v) is 6.99. The maximum absolute atomic E-state index is 14.0. The minimum atomic E-state index is -1.03. The monoisotopic (exact) mass is 538 g/mol. The molecule has 2 aliphatic rings. The lowest BCUT2D eigenvalue weighted by molar-refractivity contribution is -0.141. The average molecular weight is 539 g/mol. The summed E-state index contributed by atoms with van der Waals surface area (Å²) in [5, 5.41) is 13.2. The van der Waals surface area contributed by atoms with Gasteiger partial charge in [-0.1, -0.05) is 6.07 Å². The number of benzene rings is 1. The van der Waals surface area contributed by atoms with Gasteiger partial charge in [0.05, 0.1) is 5.54 Å². The van der Waals surface area contributed by atoms with E-state index in [0.29, 0.717) is 18.9 Å². The first-order valence-corrected chi connectivity index (χ1v) is 11.6. The molecule has 12 heteroatoms. The van der Waals surface area contributed by atoms with Gasteiger partial charge in [-0.05, 0) is 32.8 Å². The van der Waals surface area contributed by atoms with Crippen molar-refractivity contribution < 1.29 is 28.3 Å². The Bertz CT molecular complexity index is 1320. The normalized spacial score (nSPS) is 20.2. The lowest BCUT2D eigenvalue weighted by atomic mass is 9.65. The molecule has 0 unspecified atom stereocenters. The number of hydrogen-bond acceptors (Lipinski definition) is 5. The highest BCUT2D eigenvalue weighted by atomic mass is 35.5. The first-order chi connectivity index (χ1) is 16.9. The Hall–Kier alpha value is -3.47. The first kappa shape index (κ1) is 28.1. The molecule has 1 aliphatic heterocycles. The molecule has 9 nitrogen and oxygen atoms in total. The summed E-state index contributed by atoms with van der Waals surface area (Å²) in [6.45, 7) is 3.55. The molecule has 1 saturated carbocycles. The number of pyridine rings is 1. The van der Waals surface area contributed by atoms with E-state index < -0.39 is 45.7 Å². The number of hydrogen-bond donors (Lipinski definition) is 2. The molecule has 2 heterocycles. The van der Waals surface area contributed by atoms with Crippen LogP contribution in [0.5, 0.6) is 5.75 Å². The Morgan fingerprint density at radius 3 is 2.43 bits per heavy atom. The summed E-state index contributed by atoms with van der Waals surface area (Å²) >= 11 is 0. The van der Waals surface area contributed by atoms with E-state index >= 15 is 0 Å². The van der Waals surface area contributed by atoms with Gasteiger partial charge in [0.2, 0.25) is 11.3 Å². The van der Waals surface area contributed by atoms with Gasteiger partial charge in [0.15, 0.2) is 11.4 Å². The van der Waals surface area contributed by atoms with Gasteiger partial charge in [-0.15, -0.1) is 12.4 Å². The number of fused-ring (bicyclic) bond motifs is 2. The SMILES string of the molecule is CC(C)N1C[C@]2(C[C@@H](C(=O)N(C)C)C2)n2cc(C(=O)NCc3ccc(F)cc3F)c(=O)c(O)c2C1=O.Cl. The van der Waals surface area contributed by atoms with Crippen molar-refractivity contribution in [3.05, 3.63) is 63.1 Å². The Morgan fingerprint density at radius 2 is 1.86 bits per heavy atom. The summed E-state index contributed by atoms with van der Waals surface area (Å²) in [5.41, 5.74) is -2.46. The number of amides is 3. The molecule has 200 valence electrons. The van der Waals surface area contributed by atoms with Crippen LogP contribution in [-0.2, 0) is 16.9 Å².